The van der Waals surface area contributed by atoms with Crippen LogP contribution in [0.2, 0.25) is 5.02 Å². The number of nitrogens with zero attached hydrogens (tertiary/aromatic N) is 1. The number of halogens is 3. The van der Waals surface area contributed by atoms with Crippen LogP contribution >= 0.6 is 55.2 Å². The van der Waals surface area contributed by atoms with Crippen LogP contribution in [-0.2, 0) is 16.2 Å². The first-order valence-corrected chi connectivity index (χ1v) is 13.9. The van der Waals surface area contributed by atoms with Gasteiger partial charge in [-0.2, -0.15) is 0 Å². The van der Waals surface area contributed by atoms with Crippen molar-refractivity contribution in [1.29, 1.82) is 0 Å². The summed E-state index contributed by atoms with van der Waals surface area (Å²) < 4.78 is 7.26. The maximum atomic E-state index is 12.9. The molecule has 3 aromatic rings. The number of hydrogen-bond acceptors (Lipinski definition) is 5. The number of imide groups is 1. The van der Waals surface area contributed by atoms with Crippen LogP contribution in [0.4, 0.5) is 10.5 Å². The van der Waals surface area contributed by atoms with Gasteiger partial charge in [0.05, 0.1) is 13.9 Å². The van der Waals surface area contributed by atoms with Crippen molar-refractivity contribution in [2.45, 2.75) is 20.5 Å². The number of nitrogens with one attached hydrogen (secondary N) is 1. The molecule has 0 saturated carbocycles. The van der Waals surface area contributed by atoms with Crippen LogP contribution in [0.1, 0.15) is 22.3 Å². The number of carbonyl (C=O) groups excluding carboxylic acids is 3. The van der Waals surface area contributed by atoms with E-state index in [9.17, 15) is 14.4 Å². The summed E-state index contributed by atoms with van der Waals surface area (Å²) >= 11 is 14.0. The second-order valence-corrected chi connectivity index (χ2v) is 11.5. The van der Waals surface area contributed by atoms with E-state index in [2.05, 4.69) is 37.2 Å². The molecule has 0 unspecified atom stereocenters. The zero-order valence-electron chi connectivity index (χ0n) is 19.8. The van der Waals surface area contributed by atoms with Crippen LogP contribution in [0.5, 0.6) is 5.75 Å². The lowest BCUT2D eigenvalue weighted by atomic mass is 10.1. The Balaban J connectivity index is 1.45. The fourth-order valence-corrected chi connectivity index (χ4v) is 6.22. The Labute approximate surface area is 240 Å². The lowest BCUT2D eigenvalue weighted by molar-refractivity contribution is -0.127. The van der Waals surface area contributed by atoms with Gasteiger partial charge in [-0.05, 0) is 111 Å². The largest absolute Gasteiger partial charge is 0.486 e. The van der Waals surface area contributed by atoms with E-state index in [-0.39, 0.29) is 18.1 Å². The molecule has 0 aromatic heterocycles. The predicted molar refractivity (Wildman–Crippen MR) is 155 cm³/mol. The maximum Gasteiger partial charge on any atom is 0.294 e. The number of anilines is 1. The minimum absolute atomic E-state index is 0.229. The molecular weight excluding hydrogens is 644 g/mol. The first kappa shape index (κ1) is 27.4. The lowest BCUT2D eigenvalue weighted by Gasteiger charge is -2.13. The lowest BCUT2D eigenvalue weighted by Crippen LogP contribution is -2.36. The number of thioether (sulfide) groups is 1. The number of rotatable bonds is 7. The summed E-state index contributed by atoms with van der Waals surface area (Å²) in [7, 11) is 0. The molecule has 0 aliphatic carbocycles. The van der Waals surface area contributed by atoms with Crippen molar-refractivity contribution in [3.8, 4) is 5.75 Å². The van der Waals surface area contributed by atoms with Gasteiger partial charge < -0.3 is 10.1 Å². The molecule has 6 nitrogen and oxygen atoms in total. The maximum absolute atomic E-state index is 12.9. The van der Waals surface area contributed by atoms with Crippen molar-refractivity contribution in [2.24, 2.45) is 0 Å². The van der Waals surface area contributed by atoms with Gasteiger partial charge in [0.1, 0.15) is 18.9 Å². The third-order valence-corrected chi connectivity index (χ3v) is 7.78. The molecule has 1 aliphatic heterocycles. The van der Waals surface area contributed by atoms with Crippen LogP contribution in [0.3, 0.4) is 0 Å². The highest BCUT2D eigenvalue weighted by Gasteiger charge is 2.36. The highest BCUT2D eigenvalue weighted by Crippen LogP contribution is 2.38. The van der Waals surface area contributed by atoms with Crippen molar-refractivity contribution in [3.63, 3.8) is 0 Å². The number of carbonyl (C=O) groups is 3. The Hall–Kier alpha value is -2.59. The molecule has 0 bridgehead atoms. The van der Waals surface area contributed by atoms with E-state index in [0.717, 1.165) is 33.4 Å². The van der Waals surface area contributed by atoms with E-state index in [1.807, 2.05) is 50.2 Å². The summed E-state index contributed by atoms with van der Waals surface area (Å²) in [6.07, 6.45) is 1.61. The molecule has 1 aliphatic rings. The third-order valence-electron chi connectivity index (χ3n) is 5.33. The van der Waals surface area contributed by atoms with Gasteiger partial charge in [-0.15, -0.1) is 0 Å². The fraction of sp³-hybridized carbons (Fsp3) is 0.148. The molecule has 3 aromatic carbocycles. The van der Waals surface area contributed by atoms with Crippen molar-refractivity contribution in [2.75, 3.05) is 11.9 Å². The van der Waals surface area contributed by atoms with E-state index in [0.29, 0.717) is 31.0 Å². The minimum Gasteiger partial charge on any atom is -0.486 e. The van der Waals surface area contributed by atoms with E-state index < -0.39 is 17.1 Å². The smallest absolute Gasteiger partial charge is 0.294 e. The molecule has 3 amide bonds. The Morgan fingerprint density at radius 1 is 1.05 bits per heavy atom. The van der Waals surface area contributed by atoms with Gasteiger partial charge in [0.2, 0.25) is 5.91 Å². The van der Waals surface area contributed by atoms with Crippen molar-refractivity contribution in [3.05, 3.63) is 95.7 Å². The molecule has 1 heterocycles. The average Bonchev–Trinajstić information content (AvgIpc) is 3.06. The minimum atomic E-state index is -0.517. The van der Waals surface area contributed by atoms with Gasteiger partial charge in [0.25, 0.3) is 11.1 Å². The van der Waals surface area contributed by atoms with Gasteiger partial charge >= 0.3 is 0 Å². The molecule has 37 heavy (non-hydrogen) atoms. The topological polar surface area (TPSA) is 75.7 Å². The molecular formula is C27H21Br2ClN2O4S. The zero-order chi connectivity index (χ0) is 26.7. The zero-order valence-corrected chi connectivity index (χ0v) is 24.6. The van der Waals surface area contributed by atoms with Crippen molar-refractivity contribution < 1.29 is 19.1 Å². The summed E-state index contributed by atoms with van der Waals surface area (Å²) in [4.78, 5) is 39.1. The van der Waals surface area contributed by atoms with Crippen molar-refractivity contribution >= 4 is 84.0 Å². The number of benzene rings is 3. The van der Waals surface area contributed by atoms with Gasteiger partial charge in [-0.1, -0.05) is 35.9 Å². The van der Waals surface area contributed by atoms with E-state index in [1.54, 1.807) is 24.3 Å². The summed E-state index contributed by atoms with van der Waals surface area (Å²) in [5.41, 5.74) is 4.15. The summed E-state index contributed by atoms with van der Waals surface area (Å²) in [6, 6.07) is 16.6. The average molecular weight is 665 g/mol. The number of hydrogen-bond donors (Lipinski definition) is 1. The fourth-order valence-electron chi connectivity index (χ4n) is 3.74. The Morgan fingerprint density at radius 3 is 2.35 bits per heavy atom. The Morgan fingerprint density at radius 2 is 1.70 bits per heavy atom. The number of aryl methyl sites for hydroxylation is 2. The van der Waals surface area contributed by atoms with Gasteiger partial charge in [-0.25, -0.2) is 0 Å². The van der Waals surface area contributed by atoms with Gasteiger partial charge in [0.15, 0.2) is 0 Å². The first-order chi connectivity index (χ1) is 17.6. The van der Waals surface area contributed by atoms with Crippen molar-refractivity contribution in [1.82, 2.24) is 4.90 Å². The summed E-state index contributed by atoms with van der Waals surface area (Å²) in [6.45, 7) is 3.77. The Bertz CT molecular complexity index is 1400. The van der Waals surface area contributed by atoms with Crippen LogP contribution in [0.15, 0.2) is 68.4 Å². The monoisotopic (exact) mass is 662 g/mol. The molecule has 0 radical (unpaired) electrons. The highest BCUT2D eigenvalue weighted by molar-refractivity contribution is 9.11. The second kappa shape index (κ2) is 11.9. The van der Waals surface area contributed by atoms with E-state index in [1.165, 1.54) is 0 Å². The standard InChI is InChI=1S/C27H21Br2ClN2O4S/c1-15-7-16(2)9-19(8-15)31-24(33)13-32-26(34)23(37-27(32)35)12-17-10-20(28)25(21(29)11-17)36-14-18-5-3-4-6-22(18)30/h3-12H,13-14H2,1-2H3,(H,31,33)/b23-12+. The first-order valence-electron chi connectivity index (χ1n) is 11.1. The molecule has 4 rings (SSSR count). The quantitative estimate of drug-likeness (QED) is 0.262. The van der Waals surface area contributed by atoms with Gasteiger partial charge in [-0.3, -0.25) is 19.3 Å². The summed E-state index contributed by atoms with van der Waals surface area (Å²) in [5.74, 6) is -0.385. The summed E-state index contributed by atoms with van der Waals surface area (Å²) in [5, 5.41) is 2.88. The molecule has 0 atom stereocenters. The molecule has 1 N–H and O–H groups in total. The second-order valence-electron chi connectivity index (χ2n) is 8.39. The van der Waals surface area contributed by atoms with E-state index in [4.69, 9.17) is 16.3 Å². The van der Waals surface area contributed by atoms with E-state index >= 15 is 0 Å². The third kappa shape index (κ3) is 6.84. The molecule has 1 saturated heterocycles. The SMILES string of the molecule is Cc1cc(C)cc(NC(=O)CN2C(=O)S/C(=C/c3cc(Br)c(OCc4ccccc4Cl)c(Br)c3)C2=O)c1. The highest BCUT2D eigenvalue weighted by atomic mass is 79.9. The number of ether oxygens (including phenoxy) is 1. The molecule has 1 fully saturated rings. The molecule has 10 heteroatoms. The molecule has 0 spiro atoms. The van der Waals surface area contributed by atoms with Crippen LogP contribution in [0, 0.1) is 13.8 Å². The van der Waals surface area contributed by atoms with Crippen LogP contribution < -0.4 is 10.1 Å². The van der Waals surface area contributed by atoms with Crippen LogP contribution in [-0.4, -0.2) is 28.5 Å². The number of amides is 3. The van der Waals surface area contributed by atoms with Crippen LogP contribution in [0.25, 0.3) is 6.08 Å². The molecule has 190 valence electrons. The van der Waals surface area contributed by atoms with Gasteiger partial charge in [0, 0.05) is 16.3 Å². The predicted octanol–water partition coefficient (Wildman–Crippen LogP) is 7.74. The normalized spacial score (nSPS) is 14.4. The Kier molecular flexibility index (Phi) is 8.79.